The van der Waals surface area contributed by atoms with Gasteiger partial charge in [-0.2, -0.15) is 0 Å². The summed E-state index contributed by atoms with van der Waals surface area (Å²) < 4.78 is 18.7. The zero-order valence-electron chi connectivity index (χ0n) is 13.0. The first-order chi connectivity index (χ1) is 10.3. The van der Waals surface area contributed by atoms with Gasteiger partial charge in [0, 0.05) is 17.4 Å². The highest BCUT2D eigenvalue weighted by molar-refractivity contribution is 5.85. The number of hydrogen-bond donors (Lipinski definition) is 1. The molecule has 0 amide bonds. The second kappa shape index (κ2) is 9.42. The Morgan fingerprint density at radius 2 is 1.96 bits per heavy atom. The number of halogens is 3. The topological polar surface area (TPSA) is 55.3 Å². The van der Waals surface area contributed by atoms with E-state index in [0.29, 0.717) is 11.4 Å². The summed E-state index contributed by atoms with van der Waals surface area (Å²) in [5.74, 6) is 1.05. The molecule has 2 heterocycles. The van der Waals surface area contributed by atoms with Gasteiger partial charge in [0.05, 0.1) is 0 Å². The van der Waals surface area contributed by atoms with Crippen LogP contribution in [-0.2, 0) is 0 Å². The molecule has 1 aromatic carbocycles. The predicted octanol–water partition coefficient (Wildman–Crippen LogP) is 3.73. The number of piperidine rings is 1. The van der Waals surface area contributed by atoms with Crippen molar-refractivity contribution in [1.29, 1.82) is 0 Å². The summed E-state index contributed by atoms with van der Waals surface area (Å²) in [6.07, 6.45) is 4.42. The largest absolute Gasteiger partial charge is 0.360 e. The molecule has 130 valence electrons. The zero-order chi connectivity index (χ0) is 14.7. The minimum Gasteiger partial charge on any atom is -0.360 e. The lowest BCUT2D eigenvalue weighted by molar-refractivity contribution is 0.195. The first-order valence-electron chi connectivity index (χ1n) is 7.75. The normalized spacial score (nSPS) is 16.1. The summed E-state index contributed by atoms with van der Waals surface area (Å²) in [7, 11) is 0. The van der Waals surface area contributed by atoms with Gasteiger partial charge in [-0.15, -0.1) is 24.8 Å². The molecule has 1 saturated heterocycles. The molecular formula is C16H24Cl2FN3O. The minimum atomic E-state index is -0.267. The second-order valence-corrected chi connectivity index (χ2v) is 5.82. The Morgan fingerprint density at radius 1 is 1.22 bits per heavy atom. The molecule has 1 aromatic heterocycles. The Labute approximate surface area is 148 Å². The highest BCUT2D eigenvalue weighted by atomic mass is 35.5. The molecule has 0 bridgehead atoms. The summed E-state index contributed by atoms with van der Waals surface area (Å²) >= 11 is 0. The van der Waals surface area contributed by atoms with Crippen molar-refractivity contribution >= 4 is 35.7 Å². The average molecular weight is 364 g/mol. The molecule has 2 N–H and O–H groups in total. The Bertz CT molecular complexity index is 600. The van der Waals surface area contributed by atoms with E-state index in [1.807, 2.05) is 0 Å². The van der Waals surface area contributed by atoms with Crippen LogP contribution in [0.25, 0.3) is 10.9 Å². The second-order valence-electron chi connectivity index (χ2n) is 5.82. The van der Waals surface area contributed by atoms with Crippen molar-refractivity contribution in [3.8, 4) is 0 Å². The summed E-state index contributed by atoms with van der Waals surface area (Å²) in [5, 5.41) is 4.95. The third-order valence-electron chi connectivity index (χ3n) is 4.35. The van der Waals surface area contributed by atoms with E-state index in [1.54, 1.807) is 6.07 Å². The van der Waals surface area contributed by atoms with Crippen LogP contribution in [0.15, 0.2) is 22.7 Å². The van der Waals surface area contributed by atoms with Gasteiger partial charge in [-0.1, -0.05) is 5.16 Å². The zero-order valence-corrected chi connectivity index (χ0v) is 14.7. The van der Waals surface area contributed by atoms with E-state index in [1.165, 1.54) is 18.6 Å². The fourth-order valence-electron chi connectivity index (χ4n) is 3.13. The molecule has 0 saturated carbocycles. The maximum atomic E-state index is 13.2. The van der Waals surface area contributed by atoms with Crippen molar-refractivity contribution in [2.75, 3.05) is 26.2 Å². The fourth-order valence-corrected chi connectivity index (χ4v) is 3.13. The number of nitrogens with two attached hydrogens (primary N) is 1. The van der Waals surface area contributed by atoms with Crippen molar-refractivity contribution in [2.45, 2.75) is 31.6 Å². The van der Waals surface area contributed by atoms with Crippen LogP contribution in [0.3, 0.4) is 0 Å². The lowest BCUT2D eigenvalue weighted by Gasteiger charge is -2.30. The third kappa shape index (κ3) is 4.80. The lowest BCUT2D eigenvalue weighted by Crippen LogP contribution is -2.33. The minimum absolute atomic E-state index is 0. The van der Waals surface area contributed by atoms with Crippen LogP contribution < -0.4 is 5.73 Å². The van der Waals surface area contributed by atoms with Gasteiger partial charge >= 0.3 is 0 Å². The van der Waals surface area contributed by atoms with E-state index in [2.05, 4.69) is 10.1 Å². The number of fused-ring (bicyclic) bond motifs is 1. The Balaban J connectivity index is 0.00000132. The molecule has 0 radical (unpaired) electrons. The van der Waals surface area contributed by atoms with Crippen LogP contribution in [-0.4, -0.2) is 36.2 Å². The molecule has 1 fully saturated rings. The van der Waals surface area contributed by atoms with Crippen LogP contribution in [0.1, 0.15) is 37.4 Å². The number of likely N-dealkylation sites (tertiary alicyclic amines) is 1. The molecule has 1 aliphatic rings. The van der Waals surface area contributed by atoms with Gasteiger partial charge in [0.25, 0.3) is 0 Å². The molecule has 3 rings (SSSR count). The van der Waals surface area contributed by atoms with Gasteiger partial charge in [0.1, 0.15) is 17.1 Å². The highest BCUT2D eigenvalue weighted by Crippen LogP contribution is 2.33. The SMILES string of the molecule is Cl.Cl.NCCCCN1CCC(c2onc3cc(F)ccc23)CC1. The first-order valence-corrected chi connectivity index (χ1v) is 7.75. The van der Waals surface area contributed by atoms with Crippen LogP contribution in [0.4, 0.5) is 4.39 Å². The van der Waals surface area contributed by atoms with Crippen molar-refractivity contribution in [3.05, 3.63) is 29.8 Å². The van der Waals surface area contributed by atoms with E-state index < -0.39 is 0 Å². The predicted molar refractivity (Wildman–Crippen MR) is 95.2 cm³/mol. The summed E-state index contributed by atoms with van der Waals surface area (Å²) in [4.78, 5) is 2.49. The number of aromatic nitrogens is 1. The van der Waals surface area contributed by atoms with E-state index >= 15 is 0 Å². The Morgan fingerprint density at radius 3 is 2.65 bits per heavy atom. The highest BCUT2D eigenvalue weighted by Gasteiger charge is 2.25. The Kier molecular flexibility index (Phi) is 8.26. The van der Waals surface area contributed by atoms with E-state index in [-0.39, 0.29) is 30.6 Å². The maximum Gasteiger partial charge on any atom is 0.147 e. The molecule has 2 aromatic rings. The van der Waals surface area contributed by atoms with Gasteiger partial charge in [-0.3, -0.25) is 0 Å². The van der Waals surface area contributed by atoms with Crippen molar-refractivity contribution in [1.82, 2.24) is 10.1 Å². The van der Waals surface area contributed by atoms with Crippen molar-refractivity contribution in [3.63, 3.8) is 0 Å². The quantitative estimate of drug-likeness (QED) is 0.822. The van der Waals surface area contributed by atoms with Crippen molar-refractivity contribution in [2.24, 2.45) is 5.73 Å². The summed E-state index contributed by atoms with van der Waals surface area (Å²) in [6, 6.07) is 4.69. The molecule has 4 nitrogen and oxygen atoms in total. The number of rotatable bonds is 5. The fraction of sp³-hybridized carbons (Fsp3) is 0.562. The summed E-state index contributed by atoms with van der Waals surface area (Å²) in [5.41, 5.74) is 6.15. The average Bonchev–Trinajstić information content (AvgIpc) is 2.91. The number of hydrogen-bond acceptors (Lipinski definition) is 4. The van der Waals surface area contributed by atoms with Crippen LogP contribution >= 0.6 is 24.8 Å². The van der Waals surface area contributed by atoms with Crippen LogP contribution in [0.2, 0.25) is 0 Å². The first kappa shape index (κ1) is 20.2. The lowest BCUT2D eigenvalue weighted by atomic mass is 9.92. The molecule has 23 heavy (non-hydrogen) atoms. The Hall–Kier alpha value is -0.880. The standard InChI is InChI=1S/C16H22FN3O.2ClH/c17-13-3-4-14-15(11-13)19-21-16(14)12-5-9-20(10-6-12)8-2-1-7-18;;/h3-4,11-12H,1-2,5-10,18H2;2*1H. The number of nitrogens with zero attached hydrogens (tertiary/aromatic N) is 2. The van der Waals surface area contributed by atoms with Crippen LogP contribution in [0, 0.1) is 5.82 Å². The van der Waals surface area contributed by atoms with Gasteiger partial charge in [-0.05, 0) is 64.0 Å². The molecular weight excluding hydrogens is 340 g/mol. The van der Waals surface area contributed by atoms with E-state index in [9.17, 15) is 4.39 Å². The van der Waals surface area contributed by atoms with Crippen molar-refractivity contribution < 1.29 is 8.91 Å². The number of unbranched alkanes of at least 4 members (excludes halogenated alkanes) is 1. The third-order valence-corrected chi connectivity index (χ3v) is 4.35. The molecule has 0 spiro atoms. The van der Waals surface area contributed by atoms with Gasteiger partial charge < -0.3 is 15.2 Å². The molecule has 0 unspecified atom stereocenters. The number of benzene rings is 1. The molecule has 7 heteroatoms. The monoisotopic (exact) mass is 363 g/mol. The van der Waals surface area contributed by atoms with Gasteiger partial charge in [0.2, 0.25) is 0 Å². The van der Waals surface area contributed by atoms with E-state index in [4.69, 9.17) is 10.3 Å². The summed E-state index contributed by atoms with van der Waals surface area (Å²) in [6.45, 7) is 4.07. The van der Waals surface area contributed by atoms with Gasteiger partial charge in [0.15, 0.2) is 0 Å². The molecule has 1 aliphatic heterocycles. The molecule has 0 aliphatic carbocycles. The molecule has 0 atom stereocenters. The van der Waals surface area contributed by atoms with Gasteiger partial charge in [-0.25, -0.2) is 4.39 Å². The van der Waals surface area contributed by atoms with Crippen LogP contribution in [0.5, 0.6) is 0 Å². The maximum absolute atomic E-state index is 13.2. The van der Waals surface area contributed by atoms with E-state index in [0.717, 1.165) is 56.6 Å². The smallest absolute Gasteiger partial charge is 0.147 e.